The number of carbonyl (C=O) groups is 1. The minimum atomic E-state index is -0.121. The molecule has 3 unspecified atom stereocenters. The molecule has 1 heterocycles. The molecule has 4 nitrogen and oxygen atoms in total. The summed E-state index contributed by atoms with van der Waals surface area (Å²) in [6.45, 7) is 3.19. The van der Waals surface area contributed by atoms with Gasteiger partial charge in [-0.2, -0.15) is 0 Å². The first-order valence-corrected chi connectivity index (χ1v) is 7.25. The number of piperidine rings is 1. The molecule has 2 N–H and O–H groups in total. The van der Waals surface area contributed by atoms with Gasteiger partial charge in [0, 0.05) is 26.2 Å². The molecule has 0 spiro atoms. The fourth-order valence-electron chi connectivity index (χ4n) is 2.87. The zero-order valence-corrected chi connectivity index (χ0v) is 13.5. The average molecular weight is 313 g/mol. The molecule has 3 atom stereocenters. The van der Waals surface area contributed by atoms with Crippen molar-refractivity contribution < 1.29 is 9.53 Å². The smallest absolute Gasteiger partial charge is 0.230 e. The van der Waals surface area contributed by atoms with E-state index < -0.39 is 0 Å². The number of hydrogen-bond donors (Lipinski definition) is 1. The van der Waals surface area contributed by atoms with E-state index in [0.717, 1.165) is 24.9 Å². The summed E-state index contributed by atoms with van der Waals surface area (Å²) in [5.74, 6) is 0.0468. The molecule has 0 aromatic heterocycles. The molecule has 0 aliphatic carbocycles. The number of likely N-dealkylation sites (tertiary alicyclic amines) is 1. The third kappa shape index (κ3) is 4.19. The third-order valence-electron chi connectivity index (χ3n) is 4.23. The molecule has 1 aromatic carbocycles. The van der Waals surface area contributed by atoms with Gasteiger partial charge in [-0.1, -0.05) is 30.3 Å². The fraction of sp³-hybridized carbons (Fsp3) is 0.562. The molecule has 2 rings (SSSR count). The van der Waals surface area contributed by atoms with Crippen molar-refractivity contribution in [3.63, 3.8) is 0 Å². The standard InChI is InChI=1S/C16H24N2O2.ClH/c1-12(13-6-4-3-5-7-13)16(19)18-9-8-15(20-2)10-14(18)11-17;/h3-7,12,14-15H,8-11,17H2,1-2H3;1H. The van der Waals surface area contributed by atoms with Gasteiger partial charge < -0.3 is 15.4 Å². The lowest BCUT2D eigenvalue weighted by Gasteiger charge is -2.39. The number of methoxy groups -OCH3 is 1. The SMILES string of the molecule is COC1CCN(C(=O)C(C)c2ccccc2)C(CN)C1.Cl. The first kappa shape index (κ1) is 18.0. The average Bonchev–Trinajstić information content (AvgIpc) is 2.53. The second-order valence-corrected chi connectivity index (χ2v) is 5.44. The van der Waals surface area contributed by atoms with E-state index in [1.54, 1.807) is 7.11 Å². The Morgan fingerprint density at radius 1 is 1.43 bits per heavy atom. The highest BCUT2D eigenvalue weighted by molar-refractivity contribution is 5.85. The van der Waals surface area contributed by atoms with Crippen LogP contribution in [0.15, 0.2) is 30.3 Å². The van der Waals surface area contributed by atoms with Crippen molar-refractivity contribution in [1.29, 1.82) is 0 Å². The van der Waals surface area contributed by atoms with Crippen LogP contribution in [0.25, 0.3) is 0 Å². The van der Waals surface area contributed by atoms with E-state index >= 15 is 0 Å². The Labute approximate surface area is 133 Å². The topological polar surface area (TPSA) is 55.6 Å². The molecule has 0 saturated carbocycles. The van der Waals surface area contributed by atoms with Gasteiger partial charge in [0.15, 0.2) is 0 Å². The van der Waals surface area contributed by atoms with Crippen molar-refractivity contribution in [2.75, 3.05) is 20.2 Å². The summed E-state index contributed by atoms with van der Waals surface area (Å²) >= 11 is 0. The lowest BCUT2D eigenvalue weighted by molar-refractivity contribution is -0.138. The summed E-state index contributed by atoms with van der Waals surface area (Å²) in [4.78, 5) is 14.6. The number of rotatable bonds is 4. The van der Waals surface area contributed by atoms with Gasteiger partial charge in [0.2, 0.25) is 5.91 Å². The largest absolute Gasteiger partial charge is 0.381 e. The molecule has 1 aliphatic rings. The number of halogens is 1. The minimum absolute atomic E-state index is 0. The van der Waals surface area contributed by atoms with Crippen LogP contribution in [0, 0.1) is 0 Å². The van der Waals surface area contributed by atoms with Crippen LogP contribution in [0.4, 0.5) is 0 Å². The van der Waals surface area contributed by atoms with E-state index in [1.807, 2.05) is 42.2 Å². The van der Waals surface area contributed by atoms with Gasteiger partial charge >= 0.3 is 0 Å². The Kier molecular flexibility index (Phi) is 7.15. The zero-order valence-electron chi connectivity index (χ0n) is 12.7. The van der Waals surface area contributed by atoms with Crippen molar-refractivity contribution >= 4 is 18.3 Å². The molecule has 5 heteroatoms. The van der Waals surface area contributed by atoms with Crippen molar-refractivity contribution in [3.05, 3.63) is 35.9 Å². The van der Waals surface area contributed by atoms with Gasteiger partial charge in [-0.15, -0.1) is 12.4 Å². The summed E-state index contributed by atoms with van der Waals surface area (Å²) in [5, 5.41) is 0. The Morgan fingerprint density at radius 3 is 2.67 bits per heavy atom. The van der Waals surface area contributed by atoms with Gasteiger partial charge in [-0.3, -0.25) is 4.79 Å². The number of hydrogen-bond acceptors (Lipinski definition) is 3. The van der Waals surface area contributed by atoms with Crippen molar-refractivity contribution in [3.8, 4) is 0 Å². The number of carbonyl (C=O) groups excluding carboxylic acids is 1. The fourth-order valence-corrected chi connectivity index (χ4v) is 2.87. The number of nitrogens with two attached hydrogens (primary N) is 1. The highest BCUT2D eigenvalue weighted by Gasteiger charge is 2.33. The van der Waals surface area contributed by atoms with Crippen LogP contribution >= 0.6 is 12.4 Å². The summed E-state index contributed by atoms with van der Waals surface area (Å²) in [5.41, 5.74) is 6.90. The van der Waals surface area contributed by atoms with Crippen molar-refractivity contribution in [2.24, 2.45) is 5.73 Å². The van der Waals surface area contributed by atoms with Crippen LogP contribution in [-0.2, 0) is 9.53 Å². The van der Waals surface area contributed by atoms with Crippen LogP contribution in [0.3, 0.4) is 0 Å². The summed E-state index contributed by atoms with van der Waals surface area (Å²) < 4.78 is 5.40. The maximum Gasteiger partial charge on any atom is 0.230 e. The monoisotopic (exact) mass is 312 g/mol. The lowest BCUT2D eigenvalue weighted by Crippen LogP contribution is -2.52. The third-order valence-corrected chi connectivity index (χ3v) is 4.23. The molecule has 1 amide bonds. The van der Waals surface area contributed by atoms with Crippen molar-refractivity contribution in [1.82, 2.24) is 4.90 Å². The summed E-state index contributed by atoms with van der Waals surface area (Å²) in [6, 6.07) is 10.00. The highest BCUT2D eigenvalue weighted by Crippen LogP contribution is 2.24. The number of benzene rings is 1. The van der Waals surface area contributed by atoms with E-state index in [-0.39, 0.29) is 36.4 Å². The molecule has 0 radical (unpaired) electrons. The molecule has 21 heavy (non-hydrogen) atoms. The summed E-state index contributed by atoms with van der Waals surface area (Å²) in [7, 11) is 1.72. The van der Waals surface area contributed by atoms with E-state index in [2.05, 4.69) is 0 Å². The second-order valence-electron chi connectivity index (χ2n) is 5.44. The highest BCUT2D eigenvalue weighted by atomic mass is 35.5. The Morgan fingerprint density at radius 2 is 2.10 bits per heavy atom. The molecule has 1 fully saturated rings. The van der Waals surface area contributed by atoms with Crippen LogP contribution in [0.1, 0.15) is 31.2 Å². The molecule has 0 bridgehead atoms. The number of nitrogens with zero attached hydrogens (tertiary/aromatic N) is 1. The van der Waals surface area contributed by atoms with Crippen LogP contribution in [0.2, 0.25) is 0 Å². The van der Waals surface area contributed by atoms with Gasteiger partial charge in [-0.25, -0.2) is 0 Å². The Balaban J connectivity index is 0.00000220. The van der Waals surface area contributed by atoms with Gasteiger partial charge in [0.1, 0.15) is 0 Å². The zero-order chi connectivity index (χ0) is 14.5. The van der Waals surface area contributed by atoms with Gasteiger partial charge in [-0.05, 0) is 25.3 Å². The van der Waals surface area contributed by atoms with Crippen molar-refractivity contribution in [2.45, 2.75) is 37.8 Å². The minimum Gasteiger partial charge on any atom is -0.381 e. The first-order valence-electron chi connectivity index (χ1n) is 7.25. The predicted molar refractivity (Wildman–Crippen MR) is 86.7 cm³/mol. The Bertz CT molecular complexity index is 441. The van der Waals surface area contributed by atoms with E-state index in [9.17, 15) is 4.79 Å². The predicted octanol–water partition coefficient (Wildman–Crippen LogP) is 2.18. The lowest BCUT2D eigenvalue weighted by atomic mass is 9.94. The maximum absolute atomic E-state index is 12.7. The van der Waals surface area contributed by atoms with Crippen LogP contribution < -0.4 is 5.73 Å². The van der Waals surface area contributed by atoms with E-state index in [1.165, 1.54) is 0 Å². The van der Waals surface area contributed by atoms with Gasteiger partial charge in [0.25, 0.3) is 0 Å². The molecular weight excluding hydrogens is 288 g/mol. The van der Waals surface area contributed by atoms with Gasteiger partial charge in [0.05, 0.1) is 12.0 Å². The summed E-state index contributed by atoms with van der Waals surface area (Å²) in [6.07, 6.45) is 1.94. The second kappa shape index (κ2) is 8.37. The van der Waals surface area contributed by atoms with Crippen LogP contribution in [0.5, 0.6) is 0 Å². The molecule has 1 aliphatic heterocycles. The molecular formula is C16H25ClN2O2. The number of amides is 1. The Hall–Kier alpha value is -1.10. The molecule has 1 aromatic rings. The van der Waals surface area contributed by atoms with E-state index in [4.69, 9.17) is 10.5 Å². The number of ether oxygens (including phenoxy) is 1. The van der Waals surface area contributed by atoms with E-state index in [0.29, 0.717) is 6.54 Å². The normalized spacial score (nSPS) is 23.3. The quantitative estimate of drug-likeness (QED) is 0.927. The maximum atomic E-state index is 12.7. The molecule has 1 saturated heterocycles. The molecule has 118 valence electrons. The first-order chi connectivity index (χ1) is 9.67. The van der Waals surface area contributed by atoms with Crippen LogP contribution in [-0.4, -0.2) is 43.2 Å².